The summed E-state index contributed by atoms with van der Waals surface area (Å²) in [4.78, 5) is 11.4. The van der Waals surface area contributed by atoms with Crippen LogP contribution >= 0.6 is 0 Å². The summed E-state index contributed by atoms with van der Waals surface area (Å²) in [6.45, 7) is 0. The van der Waals surface area contributed by atoms with Crippen molar-refractivity contribution in [1.29, 1.82) is 5.41 Å². The van der Waals surface area contributed by atoms with E-state index in [1.165, 1.54) is 36.4 Å². The Balaban J connectivity index is 1.65. The number of nitrogens with one attached hydrogen (secondary N) is 1. The molecular weight excluding hydrogens is 464 g/mol. The van der Waals surface area contributed by atoms with Gasteiger partial charge in [-0.2, -0.15) is 13.2 Å². The second-order valence-electron chi connectivity index (χ2n) is 8.27. The van der Waals surface area contributed by atoms with Crippen molar-refractivity contribution >= 4 is 34.5 Å². The van der Waals surface area contributed by atoms with Crippen LogP contribution in [0, 0.1) is 5.41 Å². The van der Waals surface area contributed by atoms with E-state index in [1.54, 1.807) is 18.2 Å². The van der Waals surface area contributed by atoms with Crippen LogP contribution in [0.1, 0.15) is 42.4 Å². The fraction of sp³-hybridized carbons (Fsp3) is 0.231. The molecule has 35 heavy (non-hydrogen) atoms. The van der Waals surface area contributed by atoms with Crippen molar-refractivity contribution in [2.45, 2.75) is 38.0 Å². The van der Waals surface area contributed by atoms with Crippen molar-refractivity contribution < 1.29 is 31.8 Å². The molecule has 0 bridgehead atoms. The van der Waals surface area contributed by atoms with E-state index in [2.05, 4.69) is 4.74 Å². The number of benzene rings is 3. The zero-order valence-corrected chi connectivity index (χ0v) is 18.5. The van der Waals surface area contributed by atoms with E-state index in [1.807, 2.05) is 6.07 Å². The van der Waals surface area contributed by atoms with E-state index in [0.717, 1.165) is 25.7 Å². The number of nitrogen functional groups attached to an aromatic ring is 1. The molecule has 1 saturated carbocycles. The van der Waals surface area contributed by atoms with Gasteiger partial charge in [0, 0.05) is 10.9 Å². The van der Waals surface area contributed by atoms with E-state index >= 15 is 4.39 Å². The predicted molar refractivity (Wildman–Crippen MR) is 125 cm³/mol. The number of hydrogen-bond acceptors (Lipinski definition) is 4. The third-order valence-corrected chi connectivity index (χ3v) is 5.72. The van der Waals surface area contributed by atoms with Gasteiger partial charge in [-0.1, -0.05) is 24.3 Å². The first-order valence-corrected chi connectivity index (χ1v) is 11.0. The second-order valence-corrected chi connectivity index (χ2v) is 8.27. The van der Waals surface area contributed by atoms with E-state index < -0.39 is 29.6 Å². The number of esters is 1. The Kier molecular flexibility index (Phi) is 6.77. The minimum atomic E-state index is -5.24. The van der Waals surface area contributed by atoms with Gasteiger partial charge in [-0.3, -0.25) is 5.41 Å². The standard InChI is InChI=1S/C26H22F4N2O3/c27-22(13-15-4-3-7-19(12-15)34-18-5-1-2-6-18)17-9-10-20-16(14-17)8-11-21(24(31)32)23(20)35-25(33)26(28,29)30/h3-4,7-14,18H,1-2,5-6H2,(H3,31,32)/b22-13-. The SMILES string of the molecule is N=C(N)c1ccc2cc(/C(F)=C/c3cccc(OC4CCCC4)c3)ccc2c1OC(=O)C(F)(F)F. The lowest BCUT2D eigenvalue weighted by atomic mass is 10.0. The van der Waals surface area contributed by atoms with E-state index in [4.69, 9.17) is 15.9 Å². The summed E-state index contributed by atoms with van der Waals surface area (Å²) < 4.78 is 63.9. The molecule has 3 aromatic rings. The van der Waals surface area contributed by atoms with Gasteiger partial charge >= 0.3 is 12.1 Å². The number of carbonyl (C=O) groups is 1. The molecule has 0 radical (unpaired) electrons. The Morgan fingerprint density at radius 3 is 2.49 bits per heavy atom. The molecule has 182 valence electrons. The molecule has 4 rings (SSSR count). The lowest BCUT2D eigenvalue weighted by Crippen LogP contribution is -2.29. The highest BCUT2D eigenvalue weighted by molar-refractivity contribution is 6.06. The molecule has 0 unspecified atom stereocenters. The molecule has 3 aromatic carbocycles. The third kappa shape index (κ3) is 5.62. The Labute approximate surface area is 198 Å². The maximum Gasteiger partial charge on any atom is 0.491 e. The van der Waals surface area contributed by atoms with Gasteiger partial charge in [-0.15, -0.1) is 0 Å². The first-order chi connectivity index (χ1) is 16.6. The number of rotatable bonds is 6. The van der Waals surface area contributed by atoms with E-state index in [0.29, 0.717) is 16.7 Å². The number of halogens is 4. The smallest absolute Gasteiger partial charge is 0.490 e. The molecule has 3 N–H and O–H groups in total. The number of nitrogens with two attached hydrogens (primary N) is 1. The molecule has 1 fully saturated rings. The first-order valence-electron chi connectivity index (χ1n) is 11.0. The summed E-state index contributed by atoms with van der Waals surface area (Å²) in [6.07, 6.45) is 0.518. The second kappa shape index (κ2) is 9.77. The van der Waals surface area contributed by atoms with E-state index in [9.17, 15) is 18.0 Å². The largest absolute Gasteiger partial charge is 0.491 e. The zero-order valence-electron chi connectivity index (χ0n) is 18.5. The van der Waals surface area contributed by atoms with Crippen LogP contribution in [0.15, 0.2) is 54.6 Å². The molecule has 1 aliphatic carbocycles. The number of carbonyl (C=O) groups excluding carboxylic acids is 1. The summed E-state index contributed by atoms with van der Waals surface area (Å²) in [7, 11) is 0. The minimum Gasteiger partial charge on any atom is -0.490 e. The molecule has 0 spiro atoms. The number of ether oxygens (including phenoxy) is 2. The average molecular weight is 486 g/mol. The average Bonchev–Trinajstić information content (AvgIpc) is 3.31. The highest BCUT2D eigenvalue weighted by Gasteiger charge is 2.42. The van der Waals surface area contributed by atoms with Crippen LogP contribution in [0.3, 0.4) is 0 Å². The Morgan fingerprint density at radius 1 is 1.06 bits per heavy atom. The minimum absolute atomic E-state index is 0.0822. The normalized spacial score (nSPS) is 14.8. The highest BCUT2D eigenvalue weighted by Crippen LogP contribution is 2.34. The van der Waals surface area contributed by atoms with Crippen LogP contribution in [-0.4, -0.2) is 24.1 Å². The summed E-state index contributed by atoms with van der Waals surface area (Å²) in [5, 5.41) is 7.99. The van der Waals surface area contributed by atoms with Gasteiger partial charge in [0.15, 0.2) is 0 Å². The quantitative estimate of drug-likeness (QED) is 0.106. The van der Waals surface area contributed by atoms with Gasteiger partial charge in [-0.05, 0) is 73.0 Å². The fourth-order valence-corrected chi connectivity index (χ4v) is 4.03. The molecule has 1 aliphatic rings. The van der Waals surface area contributed by atoms with Crippen molar-refractivity contribution in [1.82, 2.24) is 0 Å². The van der Waals surface area contributed by atoms with Crippen molar-refractivity contribution in [3.63, 3.8) is 0 Å². The topological polar surface area (TPSA) is 85.4 Å². The lowest BCUT2D eigenvalue weighted by Gasteiger charge is -2.14. The number of hydrogen-bond donors (Lipinski definition) is 2. The van der Waals surface area contributed by atoms with Gasteiger partial charge in [0.2, 0.25) is 0 Å². The number of alkyl halides is 3. The van der Waals surface area contributed by atoms with Crippen LogP contribution < -0.4 is 15.2 Å². The lowest BCUT2D eigenvalue weighted by molar-refractivity contribution is -0.189. The summed E-state index contributed by atoms with van der Waals surface area (Å²) in [5.41, 5.74) is 6.02. The molecule has 9 heteroatoms. The van der Waals surface area contributed by atoms with Crippen molar-refractivity contribution in [3.05, 3.63) is 71.3 Å². The van der Waals surface area contributed by atoms with Crippen LogP contribution in [0.5, 0.6) is 11.5 Å². The van der Waals surface area contributed by atoms with Crippen LogP contribution in [-0.2, 0) is 4.79 Å². The van der Waals surface area contributed by atoms with Crippen LogP contribution in [0.25, 0.3) is 22.7 Å². The van der Waals surface area contributed by atoms with Gasteiger partial charge in [0.1, 0.15) is 23.2 Å². The van der Waals surface area contributed by atoms with Gasteiger partial charge in [-0.25, -0.2) is 9.18 Å². The molecule has 0 amide bonds. The molecule has 0 heterocycles. The van der Waals surface area contributed by atoms with Crippen LogP contribution in [0.4, 0.5) is 17.6 Å². The summed E-state index contributed by atoms with van der Waals surface area (Å²) >= 11 is 0. The highest BCUT2D eigenvalue weighted by atomic mass is 19.4. The summed E-state index contributed by atoms with van der Waals surface area (Å²) in [5.74, 6) is -3.45. The Bertz CT molecular complexity index is 1310. The zero-order chi connectivity index (χ0) is 25.2. The van der Waals surface area contributed by atoms with Gasteiger partial charge in [0.25, 0.3) is 0 Å². The van der Waals surface area contributed by atoms with Crippen molar-refractivity contribution in [3.8, 4) is 11.5 Å². The molecule has 0 aromatic heterocycles. The maximum absolute atomic E-state index is 15.1. The third-order valence-electron chi connectivity index (χ3n) is 5.72. The van der Waals surface area contributed by atoms with Crippen molar-refractivity contribution in [2.24, 2.45) is 5.73 Å². The predicted octanol–water partition coefficient (Wildman–Crippen LogP) is 6.38. The fourth-order valence-electron chi connectivity index (χ4n) is 4.03. The van der Waals surface area contributed by atoms with Crippen LogP contribution in [0.2, 0.25) is 0 Å². The van der Waals surface area contributed by atoms with E-state index in [-0.39, 0.29) is 22.6 Å². The molecule has 0 atom stereocenters. The maximum atomic E-state index is 15.1. The van der Waals surface area contributed by atoms with Gasteiger partial charge in [0.05, 0.1) is 11.7 Å². The van der Waals surface area contributed by atoms with Gasteiger partial charge < -0.3 is 15.2 Å². The molecular formula is C26H22F4N2O3. The monoisotopic (exact) mass is 486 g/mol. The van der Waals surface area contributed by atoms with Crippen molar-refractivity contribution in [2.75, 3.05) is 0 Å². The molecule has 0 saturated heterocycles. The molecule has 5 nitrogen and oxygen atoms in total. The summed E-state index contributed by atoms with van der Waals surface area (Å²) in [6, 6.07) is 13.9. The number of amidine groups is 1. The molecule has 0 aliphatic heterocycles. The first kappa shape index (κ1) is 24.3. The Morgan fingerprint density at radius 2 is 1.80 bits per heavy atom. The number of fused-ring (bicyclic) bond motifs is 1. The Hall–Kier alpha value is -3.88.